The molecule has 0 saturated heterocycles. The van der Waals surface area contributed by atoms with Gasteiger partial charge in [0.25, 0.3) is 0 Å². The maximum Gasteiger partial charge on any atom is 0.472 e. The molecular formula is C81H126O16P2. The predicted octanol–water partition coefficient (Wildman–Crippen LogP) is 21.0. The third-order valence-corrected chi connectivity index (χ3v) is 15.9. The molecule has 0 aromatic heterocycles. The topological polar surface area (TPSA) is 231 Å². The second-order valence-corrected chi connectivity index (χ2v) is 26.1. The maximum atomic E-state index is 13.0. The average Bonchev–Trinajstić information content (AvgIpc) is 1.82. The van der Waals surface area contributed by atoms with Gasteiger partial charge in [-0.05, 0) is 167 Å². The number of carbonyl (C=O) groups is 3. The molecule has 0 aliphatic heterocycles. The molecule has 0 aromatic rings. The number of rotatable bonds is 66. The van der Waals surface area contributed by atoms with E-state index in [1.54, 1.807) is 0 Å². The highest BCUT2D eigenvalue weighted by molar-refractivity contribution is 7.47. The fourth-order valence-corrected chi connectivity index (χ4v) is 10.1. The van der Waals surface area contributed by atoms with Crippen LogP contribution < -0.4 is 0 Å². The smallest absolute Gasteiger partial charge is 0.463 e. The molecule has 0 radical (unpaired) electrons. The van der Waals surface area contributed by atoms with Crippen LogP contribution in [0.4, 0.5) is 0 Å². The number of carbonyl (C=O) groups excluding carboxylic acids is 3. The Hall–Kier alpha value is -5.87. The van der Waals surface area contributed by atoms with Gasteiger partial charge in [0.1, 0.15) is 25.4 Å². The van der Waals surface area contributed by atoms with Gasteiger partial charge < -0.3 is 34.2 Å². The molecule has 0 fully saturated rings. The van der Waals surface area contributed by atoms with E-state index in [9.17, 15) is 43.5 Å². The molecule has 556 valence electrons. The molecule has 0 amide bonds. The van der Waals surface area contributed by atoms with Gasteiger partial charge in [-0.15, -0.1) is 0 Å². The van der Waals surface area contributed by atoms with E-state index >= 15 is 0 Å². The van der Waals surface area contributed by atoms with Crippen LogP contribution in [0.2, 0.25) is 0 Å². The first-order valence-electron chi connectivity index (χ1n) is 36.4. The van der Waals surface area contributed by atoms with Crippen molar-refractivity contribution in [3.63, 3.8) is 0 Å². The Balaban J connectivity index is 4.87. The van der Waals surface area contributed by atoms with Gasteiger partial charge in [-0.1, -0.05) is 247 Å². The minimum Gasteiger partial charge on any atom is -0.463 e. The van der Waals surface area contributed by atoms with E-state index in [0.717, 1.165) is 167 Å². The summed E-state index contributed by atoms with van der Waals surface area (Å²) in [6.45, 7) is 2.16. The standard InChI is InChI=1S/C81H126O16P2/c1-4-7-10-13-16-19-22-25-28-31-34-37-40-43-46-49-52-55-58-61-64-67-79(84)91-70-76(82)71-93-98(87,88)94-72-77(83)73-95-99(89,90)96-75-78(97-81(86)69-66-63-60-57-54-51-48-45-42-39-36-33-30-27-24-21-18-15-12-9-6-3)74-92-80(85)68-65-62-59-56-53-50-47-44-41-38-35-32-29-26-23-20-17-14-11-8-5-2/h7-12,16-21,25-30,34-39,43-48,52-53,55-56,76-78,82-83H,4-6,13-15,22-24,31-33,40-42,49-51,54,57-75H2,1-3H3,(H,87,88)(H,89,90)/b10-7-,11-8-,12-9-,19-16-,20-17-,21-18-,28-25-,29-26-,30-27-,37-34-,38-35-,39-36-,46-43-,47-44-,48-45-,55-52-,56-53-. The first kappa shape index (κ1) is 93.1. The minimum atomic E-state index is -4.96. The summed E-state index contributed by atoms with van der Waals surface area (Å²) in [4.78, 5) is 58.6. The summed E-state index contributed by atoms with van der Waals surface area (Å²) in [6, 6.07) is 0. The van der Waals surface area contributed by atoms with E-state index in [1.165, 1.54) is 0 Å². The third kappa shape index (κ3) is 73.2. The molecule has 5 unspecified atom stereocenters. The highest BCUT2D eigenvalue weighted by Gasteiger charge is 2.29. The molecule has 0 aromatic carbocycles. The van der Waals surface area contributed by atoms with Gasteiger partial charge in [-0.2, -0.15) is 0 Å². The molecule has 18 heteroatoms. The summed E-state index contributed by atoms with van der Waals surface area (Å²) in [5.74, 6) is -1.71. The lowest BCUT2D eigenvalue weighted by atomic mass is 10.1. The Morgan fingerprint density at radius 2 is 0.505 bits per heavy atom. The number of phosphoric ester groups is 2. The van der Waals surface area contributed by atoms with Gasteiger partial charge in [-0.3, -0.25) is 32.5 Å². The lowest BCUT2D eigenvalue weighted by Crippen LogP contribution is -2.30. The van der Waals surface area contributed by atoms with Crippen molar-refractivity contribution in [3.05, 3.63) is 207 Å². The lowest BCUT2D eigenvalue weighted by Gasteiger charge is -2.21. The predicted molar refractivity (Wildman–Crippen MR) is 407 cm³/mol. The highest BCUT2D eigenvalue weighted by Crippen LogP contribution is 2.45. The van der Waals surface area contributed by atoms with Gasteiger partial charge in [0.2, 0.25) is 0 Å². The van der Waals surface area contributed by atoms with Gasteiger partial charge >= 0.3 is 33.6 Å². The van der Waals surface area contributed by atoms with Crippen molar-refractivity contribution in [2.24, 2.45) is 0 Å². The quantitative estimate of drug-likeness (QED) is 0.0146. The zero-order valence-electron chi connectivity index (χ0n) is 60.3. The maximum absolute atomic E-state index is 13.0. The molecule has 0 aliphatic carbocycles. The first-order valence-corrected chi connectivity index (χ1v) is 39.4. The Kier molecular flexibility index (Phi) is 67.7. The van der Waals surface area contributed by atoms with Crippen molar-refractivity contribution in [2.45, 2.75) is 245 Å². The third-order valence-electron chi connectivity index (χ3n) is 14.0. The summed E-state index contributed by atoms with van der Waals surface area (Å²) in [5.41, 5.74) is 0. The van der Waals surface area contributed by atoms with Crippen LogP contribution in [0, 0.1) is 0 Å². The fraction of sp³-hybridized carbons (Fsp3) is 0.543. The number of unbranched alkanes of at least 4 members (excludes halogenated alkanes) is 9. The van der Waals surface area contributed by atoms with Crippen LogP contribution in [0.25, 0.3) is 0 Å². The van der Waals surface area contributed by atoms with Crippen molar-refractivity contribution >= 4 is 33.6 Å². The van der Waals surface area contributed by atoms with Crippen LogP contribution in [-0.2, 0) is 55.8 Å². The SMILES string of the molecule is CC/C=C\C/C=C\C/C=C\C/C=C\C/C=C\C/C=C\CCCCC(=O)OCC(O)COP(=O)(O)OCC(O)COP(=O)(O)OCC(COC(=O)CCCC/C=C\C/C=C\C/C=C\C/C=C\C/C=C\C/C=C\CC)OC(=O)CCCCCCC/C=C\C/C=C\C/C=C\C/C=C\C/C=C\CC. The second-order valence-electron chi connectivity index (χ2n) is 23.2. The molecule has 0 saturated carbocycles. The van der Waals surface area contributed by atoms with Gasteiger partial charge in [0.05, 0.1) is 26.4 Å². The van der Waals surface area contributed by atoms with Crippen LogP contribution >= 0.6 is 15.6 Å². The van der Waals surface area contributed by atoms with Crippen molar-refractivity contribution in [1.29, 1.82) is 0 Å². The minimum absolute atomic E-state index is 0.0610. The molecule has 0 aliphatic rings. The van der Waals surface area contributed by atoms with E-state index in [-0.39, 0.29) is 19.3 Å². The molecule has 0 spiro atoms. The van der Waals surface area contributed by atoms with Crippen molar-refractivity contribution in [3.8, 4) is 0 Å². The number of aliphatic hydroxyl groups is 2. The second kappa shape index (κ2) is 71.9. The van der Waals surface area contributed by atoms with Crippen LogP contribution in [0.15, 0.2) is 207 Å². The molecule has 5 atom stereocenters. The highest BCUT2D eigenvalue weighted by atomic mass is 31.2. The molecule has 0 heterocycles. The van der Waals surface area contributed by atoms with E-state index in [2.05, 4.69) is 227 Å². The van der Waals surface area contributed by atoms with E-state index < -0.39 is 91.5 Å². The van der Waals surface area contributed by atoms with Crippen LogP contribution in [-0.4, -0.2) is 95.9 Å². The number of allylic oxidation sites excluding steroid dienone is 34. The molecule has 0 bridgehead atoms. The molecule has 4 N–H and O–H groups in total. The van der Waals surface area contributed by atoms with Crippen LogP contribution in [0.5, 0.6) is 0 Å². The first-order chi connectivity index (χ1) is 48.2. The molecule has 0 rings (SSSR count). The van der Waals surface area contributed by atoms with Gasteiger partial charge in [-0.25, -0.2) is 9.13 Å². The zero-order valence-corrected chi connectivity index (χ0v) is 62.1. The van der Waals surface area contributed by atoms with Crippen molar-refractivity contribution in [2.75, 3.05) is 39.6 Å². The van der Waals surface area contributed by atoms with Crippen molar-refractivity contribution in [1.82, 2.24) is 0 Å². The number of hydrogen-bond donors (Lipinski definition) is 4. The molecular weight excluding hydrogens is 1290 g/mol. The van der Waals surface area contributed by atoms with E-state index in [1.807, 2.05) is 0 Å². The zero-order chi connectivity index (χ0) is 72.3. The Morgan fingerprint density at radius 3 is 0.818 bits per heavy atom. The van der Waals surface area contributed by atoms with E-state index in [4.69, 9.17) is 32.3 Å². The van der Waals surface area contributed by atoms with Crippen LogP contribution in [0.3, 0.4) is 0 Å². The van der Waals surface area contributed by atoms with E-state index in [0.29, 0.717) is 19.3 Å². The fourth-order valence-electron chi connectivity index (χ4n) is 8.54. The summed E-state index contributed by atoms with van der Waals surface area (Å²) < 4.78 is 60.9. The summed E-state index contributed by atoms with van der Waals surface area (Å²) in [6.07, 6.45) is 94.4. The van der Waals surface area contributed by atoms with Gasteiger partial charge in [0.15, 0.2) is 6.10 Å². The number of ether oxygens (including phenoxy) is 3. The number of hydrogen-bond acceptors (Lipinski definition) is 14. The summed E-state index contributed by atoms with van der Waals surface area (Å²) in [7, 11) is -9.84. The number of phosphoric acid groups is 2. The van der Waals surface area contributed by atoms with Crippen molar-refractivity contribution < 1.29 is 75.8 Å². The van der Waals surface area contributed by atoms with Crippen LogP contribution in [0.1, 0.15) is 226 Å². The monoisotopic (exact) mass is 1420 g/mol. The number of aliphatic hydroxyl groups excluding tert-OH is 2. The lowest BCUT2D eigenvalue weighted by molar-refractivity contribution is -0.161. The van der Waals surface area contributed by atoms with Gasteiger partial charge in [0, 0.05) is 19.3 Å². The average molecular weight is 1420 g/mol. The molecule has 99 heavy (non-hydrogen) atoms. The molecule has 16 nitrogen and oxygen atoms in total. The number of esters is 3. The summed E-state index contributed by atoms with van der Waals surface area (Å²) >= 11 is 0. The Labute approximate surface area is 597 Å². The Morgan fingerprint density at radius 1 is 0.283 bits per heavy atom. The Bertz CT molecular complexity index is 2630. The largest absolute Gasteiger partial charge is 0.472 e. The normalized spacial score (nSPS) is 15.3. The summed E-state index contributed by atoms with van der Waals surface area (Å²) in [5, 5.41) is 20.6.